The van der Waals surface area contributed by atoms with Crippen molar-refractivity contribution in [2.45, 2.75) is 0 Å². The Morgan fingerprint density at radius 2 is 1.82 bits per heavy atom. The number of amides is 1. The van der Waals surface area contributed by atoms with Crippen LogP contribution in [0.25, 0.3) is 11.0 Å². The van der Waals surface area contributed by atoms with Crippen LogP contribution in [0.5, 0.6) is 11.5 Å². The Morgan fingerprint density at radius 1 is 1.04 bits per heavy atom. The predicted octanol–water partition coefficient (Wildman–Crippen LogP) is 3.94. The molecule has 4 aromatic rings. The van der Waals surface area contributed by atoms with Gasteiger partial charge in [0, 0.05) is 5.02 Å². The highest BCUT2D eigenvalue weighted by molar-refractivity contribution is 6.31. The first kappa shape index (κ1) is 17.8. The summed E-state index contributed by atoms with van der Waals surface area (Å²) in [5.74, 6) is 0.834. The lowest BCUT2D eigenvalue weighted by atomic mass is 10.3. The van der Waals surface area contributed by atoms with E-state index in [9.17, 15) is 4.79 Å². The highest BCUT2D eigenvalue weighted by Crippen LogP contribution is 2.29. The molecule has 1 aromatic heterocycles. The Balaban J connectivity index is 1.43. The largest absolute Gasteiger partial charge is 0.455 e. The van der Waals surface area contributed by atoms with Crippen molar-refractivity contribution in [3.8, 4) is 11.5 Å². The lowest BCUT2D eigenvalue weighted by Gasteiger charge is -2.12. The Labute approximate surface area is 165 Å². The molecule has 1 heterocycles. The molecule has 28 heavy (non-hydrogen) atoms. The molecular weight excluding hydrogens is 380 g/mol. The lowest BCUT2D eigenvalue weighted by Crippen LogP contribution is -2.26. The average Bonchev–Trinajstić information content (AvgIpc) is 3.11. The Bertz CT molecular complexity index is 1110. The number of carbonyl (C=O) groups is 1. The molecule has 0 saturated carbocycles. The van der Waals surface area contributed by atoms with Gasteiger partial charge in [-0.2, -0.15) is 0 Å². The van der Waals surface area contributed by atoms with Gasteiger partial charge in [-0.25, -0.2) is 0 Å². The number of fused-ring (bicyclic) bond motifs is 1. The van der Waals surface area contributed by atoms with Gasteiger partial charge in [0.05, 0.1) is 5.69 Å². The zero-order chi connectivity index (χ0) is 19.3. The minimum Gasteiger partial charge on any atom is -0.455 e. The number of benzene rings is 3. The van der Waals surface area contributed by atoms with E-state index in [1.54, 1.807) is 36.4 Å². The van der Waals surface area contributed by atoms with Gasteiger partial charge in [-0.1, -0.05) is 46.8 Å². The molecule has 0 atom stereocenters. The first-order chi connectivity index (χ1) is 13.7. The molecule has 3 aromatic carbocycles. The Morgan fingerprint density at radius 3 is 2.68 bits per heavy atom. The van der Waals surface area contributed by atoms with E-state index in [0.29, 0.717) is 33.2 Å². The topological polar surface area (TPSA) is 78.3 Å². The van der Waals surface area contributed by atoms with E-state index < -0.39 is 0 Å². The first-order valence-corrected chi connectivity index (χ1v) is 8.83. The number of hydrogen-bond donors (Lipinski definition) is 1. The van der Waals surface area contributed by atoms with Crippen LogP contribution < -0.4 is 14.9 Å². The van der Waals surface area contributed by atoms with Crippen molar-refractivity contribution in [1.82, 2.24) is 15.2 Å². The van der Waals surface area contributed by atoms with E-state index in [-0.39, 0.29) is 12.5 Å². The third-order valence-corrected chi connectivity index (χ3v) is 4.06. The van der Waals surface area contributed by atoms with Gasteiger partial charge in [-0.05, 0) is 47.7 Å². The van der Waals surface area contributed by atoms with Crippen molar-refractivity contribution in [2.75, 3.05) is 11.9 Å². The Kier molecular flexibility index (Phi) is 5.07. The summed E-state index contributed by atoms with van der Waals surface area (Å²) in [5, 5.41) is 11.1. The molecule has 1 amide bonds. The molecule has 7 nitrogen and oxygen atoms in total. The fourth-order valence-corrected chi connectivity index (χ4v) is 2.71. The summed E-state index contributed by atoms with van der Waals surface area (Å²) in [5.41, 5.74) is 1.73. The zero-order valence-electron chi connectivity index (χ0n) is 14.6. The molecule has 0 aliphatic rings. The predicted molar refractivity (Wildman–Crippen MR) is 106 cm³/mol. The van der Waals surface area contributed by atoms with Crippen LogP contribution >= 0.6 is 11.6 Å². The minimum atomic E-state index is -0.366. The summed E-state index contributed by atoms with van der Waals surface area (Å²) in [7, 11) is 0. The van der Waals surface area contributed by atoms with Gasteiger partial charge >= 0.3 is 0 Å². The highest BCUT2D eigenvalue weighted by Gasteiger charge is 2.11. The average molecular weight is 395 g/mol. The number of anilines is 1. The number of aromatic nitrogens is 3. The standard InChI is InChI=1S/C20H15ClN4O3/c21-14-10-11-16-18(12-14)25(24-23-16)27-13-20(26)22-17-8-4-5-9-19(17)28-15-6-2-1-3-7-15/h1-12H,13H2,(H,22,26). The molecule has 0 unspecified atom stereocenters. The maximum absolute atomic E-state index is 12.3. The molecule has 0 fully saturated rings. The van der Waals surface area contributed by atoms with Gasteiger partial charge in [-0.3, -0.25) is 4.79 Å². The quantitative estimate of drug-likeness (QED) is 0.535. The number of rotatable bonds is 6. The normalized spacial score (nSPS) is 10.6. The molecular formula is C20H15ClN4O3. The van der Waals surface area contributed by atoms with Gasteiger partial charge in [0.2, 0.25) is 0 Å². The molecule has 0 bridgehead atoms. The van der Waals surface area contributed by atoms with Crippen LogP contribution in [0.15, 0.2) is 72.8 Å². The number of halogens is 1. The van der Waals surface area contributed by atoms with Gasteiger partial charge < -0.3 is 14.9 Å². The molecule has 1 N–H and O–H groups in total. The molecule has 0 aliphatic heterocycles. The van der Waals surface area contributed by atoms with E-state index in [0.717, 1.165) is 0 Å². The molecule has 140 valence electrons. The minimum absolute atomic E-state index is 0.259. The van der Waals surface area contributed by atoms with Crippen LogP contribution in [0.3, 0.4) is 0 Å². The van der Waals surface area contributed by atoms with Crippen molar-refractivity contribution in [3.63, 3.8) is 0 Å². The molecule has 0 saturated heterocycles. The van der Waals surface area contributed by atoms with Crippen LogP contribution in [0.4, 0.5) is 5.69 Å². The lowest BCUT2D eigenvalue weighted by molar-refractivity contribution is -0.121. The third kappa shape index (κ3) is 4.05. The Hall–Kier alpha value is -3.58. The van der Waals surface area contributed by atoms with Crippen molar-refractivity contribution in [1.29, 1.82) is 0 Å². The van der Waals surface area contributed by atoms with Crippen molar-refractivity contribution < 1.29 is 14.4 Å². The number of carbonyl (C=O) groups excluding carboxylic acids is 1. The number of ether oxygens (including phenoxy) is 1. The second kappa shape index (κ2) is 7.98. The molecule has 0 aliphatic carbocycles. The van der Waals surface area contributed by atoms with E-state index >= 15 is 0 Å². The van der Waals surface area contributed by atoms with Gasteiger partial charge in [0.25, 0.3) is 5.91 Å². The van der Waals surface area contributed by atoms with Crippen molar-refractivity contribution in [3.05, 3.63) is 77.8 Å². The summed E-state index contributed by atoms with van der Waals surface area (Å²) in [6.07, 6.45) is 0. The summed E-state index contributed by atoms with van der Waals surface area (Å²) in [4.78, 5) is 18.9. The van der Waals surface area contributed by atoms with Crippen molar-refractivity contribution in [2.24, 2.45) is 0 Å². The molecule has 0 spiro atoms. The maximum Gasteiger partial charge on any atom is 0.265 e. The molecule has 0 radical (unpaired) electrons. The van der Waals surface area contributed by atoms with Crippen molar-refractivity contribution >= 4 is 34.2 Å². The van der Waals surface area contributed by atoms with Crippen LogP contribution in [0.2, 0.25) is 5.02 Å². The first-order valence-electron chi connectivity index (χ1n) is 8.45. The summed E-state index contributed by atoms with van der Waals surface area (Å²) < 4.78 is 5.83. The van der Waals surface area contributed by atoms with Crippen LogP contribution in [0, 0.1) is 0 Å². The second-order valence-corrected chi connectivity index (χ2v) is 6.26. The SMILES string of the molecule is O=C(COn1nnc2ccc(Cl)cc21)Nc1ccccc1Oc1ccccc1. The van der Waals surface area contributed by atoms with E-state index in [4.69, 9.17) is 21.2 Å². The van der Waals surface area contributed by atoms with Gasteiger partial charge in [0.1, 0.15) is 16.8 Å². The monoisotopic (exact) mass is 394 g/mol. The van der Waals surface area contributed by atoms with Crippen LogP contribution in [-0.4, -0.2) is 27.7 Å². The number of nitrogens with zero attached hydrogens (tertiary/aromatic N) is 3. The van der Waals surface area contributed by atoms with Crippen LogP contribution in [-0.2, 0) is 4.79 Å². The zero-order valence-corrected chi connectivity index (χ0v) is 15.3. The second-order valence-electron chi connectivity index (χ2n) is 5.83. The molecule has 8 heteroatoms. The number of hydrogen-bond acceptors (Lipinski definition) is 5. The fourth-order valence-electron chi connectivity index (χ4n) is 2.55. The number of para-hydroxylation sites is 3. The van der Waals surface area contributed by atoms with E-state index in [1.165, 1.54) is 4.85 Å². The summed E-state index contributed by atoms with van der Waals surface area (Å²) >= 11 is 5.98. The maximum atomic E-state index is 12.3. The van der Waals surface area contributed by atoms with E-state index in [2.05, 4.69) is 15.6 Å². The number of nitrogens with one attached hydrogen (secondary N) is 1. The van der Waals surface area contributed by atoms with Gasteiger partial charge in [-0.15, -0.1) is 5.10 Å². The summed E-state index contributed by atoms with van der Waals surface area (Å²) in [6.45, 7) is -0.259. The fraction of sp³-hybridized carbons (Fsp3) is 0.0500. The molecule has 4 rings (SSSR count). The third-order valence-electron chi connectivity index (χ3n) is 3.83. The highest BCUT2D eigenvalue weighted by atomic mass is 35.5. The summed E-state index contributed by atoms with van der Waals surface area (Å²) in [6, 6.07) is 21.6. The smallest absolute Gasteiger partial charge is 0.265 e. The van der Waals surface area contributed by atoms with Gasteiger partial charge in [0.15, 0.2) is 12.4 Å². The van der Waals surface area contributed by atoms with E-state index in [1.807, 2.05) is 36.4 Å². The van der Waals surface area contributed by atoms with Crippen LogP contribution in [0.1, 0.15) is 0 Å².